The van der Waals surface area contributed by atoms with Crippen molar-refractivity contribution in [3.63, 3.8) is 0 Å². The number of unbranched alkanes of at least 4 members (excludes halogenated alkanes) is 26. The van der Waals surface area contributed by atoms with Gasteiger partial charge in [0.2, 0.25) is 0 Å². The van der Waals surface area contributed by atoms with Crippen molar-refractivity contribution in [1.29, 1.82) is 0 Å². The Morgan fingerprint density at radius 1 is 0.353 bits per heavy atom. The third kappa shape index (κ3) is 30.7. The van der Waals surface area contributed by atoms with Gasteiger partial charge in [0, 0.05) is 0 Å². The molecule has 0 unspecified atom stereocenters. The molecule has 0 spiro atoms. The molecule has 0 aromatic heterocycles. The summed E-state index contributed by atoms with van der Waals surface area (Å²) >= 11 is 0. The third-order valence-corrected chi connectivity index (χ3v) is 13.0. The molecule has 0 atom stereocenters. The highest BCUT2D eigenvalue weighted by atomic mass is 16.5. The third-order valence-electron chi connectivity index (χ3n) is 13.0. The number of hydrogen-bond acceptors (Lipinski definition) is 8. The van der Waals surface area contributed by atoms with Gasteiger partial charge in [0.25, 0.3) is 0 Å². The van der Waals surface area contributed by atoms with Crippen LogP contribution in [0.3, 0.4) is 0 Å². The minimum atomic E-state index is -0.464. The summed E-state index contributed by atoms with van der Waals surface area (Å²) in [5.74, 6) is -0.369. The minimum absolute atomic E-state index is 0.276. The first-order chi connectivity index (χ1) is 33.1. The van der Waals surface area contributed by atoms with Gasteiger partial charge >= 0.3 is 23.9 Å². The summed E-state index contributed by atoms with van der Waals surface area (Å²) in [4.78, 5) is 52.2. The predicted molar refractivity (Wildman–Crippen MR) is 281 cm³/mol. The summed E-state index contributed by atoms with van der Waals surface area (Å²) in [7, 11) is 0. The molecule has 0 aliphatic heterocycles. The summed E-state index contributed by atoms with van der Waals surface area (Å²) in [5.41, 5.74) is 2.24. The number of carbonyl (C=O) groups excluding carboxylic acids is 4. The number of rotatable bonds is 44. The molecule has 0 N–H and O–H groups in total. The molecule has 0 fully saturated rings. The molecule has 0 radical (unpaired) electrons. The molecule has 2 aromatic carbocycles. The second kappa shape index (κ2) is 41.1. The molecule has 8 heteroatoms. The van der Waals surface area contributed by atoms with Gasteiger partial charge in [-0.2, -0.15) is 0 Å². The Kier molecular flexibility index (Phi) is 36.6. The predicted octanol–water partition coefficient (Wildman–Crippen LogP) is 17.4. The number of carbonyl (C=O) groups is 4. The van der Waals surface area contributed by atoms with Gasteiger partial charge in [-0.25, -0.2) is 19.2 Å². The van der Waals surface area contributed by atoms with E-state index in [1.165, 1.54) is 122 Å². The zero-order chi connectivity index (χ0) is 49.3. The van der Waals surface area contributed by atoms with Gasteiger partial charge in [-0.3, -0.25) is 0 Å². The summed E-state index contributed by atoms with van der Waals surface area (Å²) < 4.78 is 22.4. The van der Waals surface area contributed by atoms with Crippen LogP contribution in [0.4, 0.5) is 0 Å². The molecular weight excluding hydrogens is 849 g/mol. The SMILES string of the molecule is CCCCCCCCCCCCCOC(=O)c1ccccc1C(=O)OCCCCCCCCCCCCCc1ccc(C(=O)OCCCCCCC(C)C)c(C(=O)OCCCCCCC(C)C)c1. The number of ether oxygens (including phenoxy) is 4. The first kappa shape index (κ1) is 60.4. The summed E-state index contributed by atoms with van der Waals surface area (Å²) in [6, 6.07) is 12.4. The van der Waals surface area contributed by atoms with Crippen molar-refractivity contribution >= 4 is 23.9 Å². The van der Waals surface area contributed by atoms with Crippen molar-refractivity contribution in [3.8, 4) is 0 Å². The zero-order valence-electron chi connectivity index (χ0n) is 44.1. The standard InChI is InChI=1S/C60H98O8/c1-6-7-8-9-10-11-14-17-20-25-34-45-65-57(61)53-41-32-33-42-54(53)58(62)66-46-35-26-21-18-15-12-13-16-19-22-31-40-52-43-44-55(59(63)67-47-36-27-23-29-38-50(2)3)56(49-52)60(64)68-48-37-28-24-30-39-51(4)5/h32-33,41-44,49-51H,6-31,34-40,45-48H2,1-5H3. The van der Waals surface area contributed by atoms with E-state index in [1.807, 2.05) is 12.1 Å². The van der Waals surface area contributed by atoms with Crippen LogP contribution in [0.15, 0.2) is 42.5 Å². The fourth-order valence-electron chi connectivity index (χ4n) is 8.71. The van der Waals surface area contributed by atoms with E-state index in [9.17, 15) is 19.2 Å². The normalized spacial score (nSPS) is 11.3. The maximum atomic E-state index is 13.3. The first-order valence-electron chi connectivity index (χ1n) is 28.0. The van der Waals surface area contributed by atoms with Crippen molar-refractivity contribution in [2.24, 2.45) is 11.8 Å². The number of esters is 4. The van der Waals surface area contributed by atoms with E-state index in [4.69, 9.17) is 18.9 Å². The highest BCUT2D eigenvalue weighted by molar-refractivity contribution is 6.04. The van der Waals surface area contributed by atoms with Crippen molar-refractivity contribution in [1.82, 2.24) is 0 Å². The Morgan fingerprint density at radius 2 is 0.647 bits per heavy atom. The summed E-state index contributed by atoms with van der Waals surface area (Å²) in [6.45, 7) is 12.7. The minimum Gasteiger partial charge on any atom is -0.462 e. The highest BCUT2D eigenvalue weighted by Gasteiger charge is 2.21. The van der Waals surface area contributed by atoms with Crippen LogP contribution < -0.4 is 0 Å². The lowest BCUT2D eigenvalue weighted by molar-refractivity contribution is 0.0450. The fraction of sp³-hybridized carbons (Fsp3) is 0.733. The van der Waals surface area contributed by atoms with Gasteiger partial charge in [0.15, 0.2) is 0 Å². The number of aryl methyl sites for hydroxylation is 1. The molecule has 0 amide bonds. The van der Waals surface area contributed by atoms with E-state index < -0.39 is 23.9 Å². The fourth-order valence-corrected chi connectivity index (χ4v) is 8.71. The average molecular weight is 947 g/mol. The first-order valence-corrected chi connectivity index (χ1v) is 28.0. The van der Waals surface area contributed by atoms with Crippen LogP contribution in [-0.4, -0.2) is 50.3 Å². The van der Waals surface area contributed by atoms with Crippen LogP contribution >= 0.6 is 0 Å². The molecule has 0 bridgehead atoms. The van der Waals surface area contributed by atoms with Gasteiger partial charge in [0.05, 0.1) is 48.7 Å². The maximum absolute atomic E-state index is 13.3. The molecule has 68 heavy (non-hydrogen) atoms. The maximum Gasteiger partial charge on any atom is 0.339 e. The average Bonchev–Trinajstić information content (AvgIpc) is 3.33. The smallest absolute Gasteiger partial charge is 0.339 e. The molecule has 0 saturated carbocycles. The lowest BCUT2D eigenvalue weighted by Crippen LogP contribution is -2.15. The van der Waals surface area contributed by atoms with E-state index in [1.54, 1.807) is 30.3 Å². The van der Waals surface area contributed by atoms with Crippen LogP contribution in [0.5, 0.6) is 0 Å². The summed E-state index contributed by atoms with van der Waals surface area (Å²) in [5, 5.41) is 0. The Labute approximate surface area is 415 Å². The van der Waals surface area contributed by atoms with E-state index in [0.29, 0.717) is 49.4 Å². The summed E-state index contributed by atoms with van der Waals surface area (Å²) in [6.07, 6.45) is 37.6. The van der Waals surface area contributed by atoms with E-state index in [-0.39, 0.29) is 11.1 Å². The monoisotopic (exact) mass is 947 g/mol. The van der Waals surface area contributed by atoms with Crippen LogP contribution in [0.2, 0.25) is 0 Å². The Morgan fingerprint density at radius 3 is 1.00 bits per heavy atom. The van der Waals surface area contributed by atoms with Gasteiger partial charge in [-0.15, -0.1) is 0 Å². The van der Waals surface area contributed by atoms with Crippen LogP contribution in [0.25, 0.3) is 0 Å². The largest absolute Gasteiger partial charge is 0.462 e. The molecule has 0 aliphatic rings. The second-order valence-electron chi connectivity index (χ2n) is 20.3. The number of hydrogen-bond donors (Lipinski definition) is 0. The zero-order valence-corrected chi connectivity index (χ0v) is 44.1. The van der Waals surface area contributed by atoms with Crippen LogP contribution in [0.1, 0.15) is 287 Å². The molecule has 2 aromatic rings. The molecule has 2 rings (SSSR count). The second-order valence-corrected chi connectivity index (χ2v) is 20.3. The lowest BCUT2D eigenvalue weighted by atomic mass is 9.99. The van der Waals surface area contributed by atoms with Crippen LogP contribution in [-0.2, 0) is 25.4 Å². The quantitative estimate of drug-likeness (QED) is 0.0367. The molecule has 8 nitrogen and oxygen atoms in total. The van der Waals surface area contributed by atoms with Crippen molar-refractivity contribution < 1.29 is 38.1 Å². The molecule has 0 aliphatic carbocycles. The van der Waals surface area contributed by atoms with E-state index >= 15 is 0 Å². The molecule has 386 valence electrons. The molecule has 0 saturated heterocycles. The van der Waals surface area contributed by atoms with E-state index in [2.05, 4.69) is 34.6 Å². The van der Waals surface area contributed by atoms with Crippen LogP contribution in [0, 0.1) is 11.8 Å². The Hall–Kier alpha value is -3.68. The van der Waals surface area contributed by atoms with Gasteiger partial charge in [0.1, 0.15) is 0 Å². The number of benzene rings is 2. The van der Waals surface area contributed by atoms with Gasteiger partial charge in [-0.05, 0) is 80.2 Å². The molecular formula is C60H98O8. The highest BCUT2D eigenvalue weighted by Crippen LogP contribution is 2.21. The van der Waals surface area contributed by atoms with Gasteiger partial charge < -0.3 is 18.9 Å². The Balaban J connectivity index is 1.60. The molecule has 0 heterocycles. The van der Waals surface area contributed by atoms with E-state index in [0.717, 1.165) is 95.5 Å². The van der Waals surface area contributed by atoms with Crippen molar-refractivity contribution in [3.05, 3.63) is 70.3 Å². The lowest BCUT2D eigenvalue weighted by Gasteiger charge is -2.12. The van der Waals surface area contributed by atoms with Gasteiger partial charge in [-0.1, -0.05) is 226 Å². The van der Waals surface area contributed by atoms with Crippen molar-refractivity contribution in [2.75, 3.05) is 26.4 Å². The Bertz CT molecular complexity index is 1600. The topological polar surface area (TPSA) is 105 Å². The van der Waals surface area contributed by atoms with Crippen molar-refractivity contribution in [2.45, 2.75) is 247 Å².